The minimum Gasteiger partial charge on any atom is -0.364 e. The van der Waals surface area contributed by atoms with Gasteiger partial charge in [0.2, 0.25) is 0 Å². The summed E-state index contributed by atoms with van der Waals surface area (Å²) in [5.74, 6) is 0.363. The molecule has 1 saturated heterocycles. The summed E-state index contributed by atoms with van der Waals surface area (Å²) >= 11 is 0. The molecule has 2 aliphatic rings. The molecule has 0 radical (unpaired) electrons. The summed E-state index contributed by atoms with van der Waals surface area (Å²) in [4.78, 5) is 19.4. The number of benzene rings is 2. The molecule has 0 aliphatic carbocycles. The van der Waals surface area contributed by atoms with Crippen molar-refractivity contribution in [3.05, 3.63) is 76.7 Å². The average molecular weight is 513 g/mol. The molecule has 0 saturated carbocycles. The van der Waals surface area contributed by atoms with Crippen LogP contribution in [0.15, 0.2) is 48.7 Å². The molecule has 196 valence electrons. The molecule has 2 aliphatic heterocycles. The molecule has 1 amide bonds. The Hall–Kier alpha value is -3.78. The van der Waals surface area contributed by atoms with Crippen LogP contribution in [-0.4, -0.2) is 51.7 Å². The second-order valence-electron chi connectivity index (χ2n) is 11.4. The smallest absolute Gasteiger partial charge is 0.254 e. The number of anilines is 1. The minimum atomic E-state index is -0.327. The zero-order valence-corrected chi connectivity index (χ0v) is 22.1. The fourth-order valence-corrected chi connectivity index (χ4v) is 5.47. The lowest BCUT2D eigenvalue weighted by Gasteiger charge is -2.30. The van der Waals surface area contributed by atoms with Gasteiger partial charge in [-0.3, -0.25) is 9.89 Å². The number of carbonyl (C=O) groups excluding carboxylic acids is 1. The van der Waals surface area contributed by atoms with Crippen LogP contribution in [0.5, 0.6) is 0 Å². The van der Waals surface area contributed by atoms with Gasteiger partial charge >= 0.3 is 0 Å². The maximum atomic E-state index is 15.5. The van der Waals surface area contributed by atoms with Crippen LogP contribution in [0.4, 0.5) is 10.2 Å². The number of hydrogen-bond acceptors (Lipinski definition) is 5. The number of rotatable bonds is 5. The van der Waals surface area contributed by atoms with Crippen LogP contribution in [-0.2, 0) is 18.4 Å². The van der Waals surface area contributed by atoms with Crippen LogP contribution in [0.3, 0.4) is 0 Å². The topological polar surface area (TPSA) is 85.9 Å². The van der Waals surface area contributed by atoms with Crippen LogP contribution in [0.25, 0.3) is 22.2 Å². The maximum absolute atomic E-state index is 15.5. The molecule has 0 bridgehead atoms. The molecule has 6 rings (SSSR count). The number of amides is 1. The van der Waals surface area contributed by atoms with Gasteiger partial charge in [-0.15, -0.1) is 0 Å². The van der Waals surface area contributed by atoms with Crippen molar-refractivity contribution < 1.29 is 9.18 Å². The summed E-state index contributed by atoms with van der Waals surface area (Å²) < 4.78 is 15.5. The molecule has 8 heteroatoms. The molecule has 0 spiro atoms. The minimum absolute atomic E-state index is 0.0292. The highest BCUT2D eigenvalue weighted by Gasteiger charge is 2.27. The molecule has 1 fully saturated rings. The Kier molecular flexibility index (Phi) is 6.14. The Morgan fingerprint density at radius 1 is 1.13 bits per heavy atom. The fourth-order valence-electron chi connectivity index (χ4n) is 5.47. The van der Waals surface area contributed by atoms with Gasteiger partial charge < -0.3 is 15.5 Å². The van der Waals surface area contributed by atoms with Crippen molar-refractivity contribution in [1.82, 2.24) is 25.4 Å². The van der Waals surface area contributed by atoms with Gasteiger partial charge in [-0.1, -0.05) is 45.0 Å². The fraction of sp³-hybridized carbons (Fsp3) is 0.367. The molecule has 1 atom stereocenters. The van der Waals surface area contributed by atoms with E-state index in [-0.39, 0.29) is 23.7 Å². The molecule has 7 nitrogen and oxygen atoms in total. The molecule has 2 aromatic carbocycles. The number of hydrogen-bond donors (Lipinski definition) is 3. The van der Waals surface area contributed by atoms with Gasteiger partial charge in [0.05, 0.1) is 5.39 Å². The van der Waals surface area contributed by atoms with E-state index in [0.29, 0.717) is 23.8 Å². The molecule has 4 aromatic rings. The summed E-state index contributed by atoms with van der Waals surface area (Å²) in [6.07, 6.45) is 3.49. The van der Waals surface area contributed by atoms with E-state index < -0.39 is 0 Å². The third-order valence-electron chi connectivity index (χ3n) is 7.73. The monoisotopic (exact) mass is 512 g/mol. The Labute approximate surface area is 221 Å². The van der Waals surface area contributed by atoms with Gasteiger partial charge in [-0.25, -0.2) is 9.37 Å². The van der Waals surface area contributed by atoms with Crippen molar-refractivity contribution in [2.75, 3.05) is 25.0 Å². The highest BCUT2D eigenvalue weighted by Crippen LogP contribution is 2.34. The Morgan fingerprint density at radius 3 is 2.76 bits per heavy atom. The first-order valence-electron chi connectivity index (χ1n) is 13.3. The summed E-state index contributed by atoms with van der Waals surface area (Å²) in [5.41, 5.74) is 5.82. The van der Waals surface area contributed by atoms with Gasteiger partial charge in [0.25, 0.3) is 5.91 Å². The molecule has 2 aromatic heterocycles. The zero-order chi connectivity index (χ0) is 26.4. The van der Waals surface area contributed by atoms with Crippen molar-refractivity contribution in [3.8, 4) is 11.1 Å². The summed E-state index contributed by atoms with van der Waals surface area (Å²) in [7, 11) is 0. The SMILES string of the molecule is CC(C)(C)c1ccc2c(c1)CCN(Cc1ccc(-c3ccnc4[nH]nc(NC5CCNC5)c34)cc1F)C2=O. The quantitative estimate of drug-likeness (QED) is 0.349. The van der Waals surface area contributed by atoms with Gasteiger partial charge in [-0.2, -0.15) is 5.10 Å². The third kappa shape index (κ3) is 4.53. The lowest BCUT2D eigenvalue weighted by atomic mass is 9.84. The number of aromatic amines is 1. The molecule has 38 heavy (non-hydrogen) atoms. The molecular formula is C30H33FN6O. The summed E-state index contributed by atoms with van der Waals surface area (Å²) in [6.45, 7) is 9.19. The van der Waals surface area contributed by atoms with Crippen molar-refractivity contribution >= 4 is 22.8 Å². The van der Waals surface area contributed by atoms with Crippen molar-refractivity contribution in [2.24, 2.45) is 0 Å². The Morgan fingerprint density at radius 2 is 2.00 bits per heavy atom. The van der Waals surface area contributed by atoms with Gasteiger partial charge in [-0.05, 0) is 65.3 Å². The van der Waals surface area contributed by atoms with Crippen molar-refractivity contribution in [3.63, 3.8) is 0 Å². The van der Waals surface area contributed by atoms with Crippen molar-refractivity contribution in [2.45, 2.75) is 51.6 Å². The normalized spacial score (nSPS) is 17.7. The van der Waals surface area contributed by atoms with Crippen LogP contribution >= 0.6 is 0 Å². The molecule has 1 unspecified atom stereocenters. The highest BCUT2D eigenvalue weighted by molar-refractivity contribution is 6.00. The average Bonchev–Trinajstić information content (AvgIpc) is 3.56. The first-order chi connectivity index (χ1) is 18.3. The lowest BCUT2D eigenvalue weighted by Crippen LogP contribution is -2.37. The van der Waals surface area contributed by atoms with Crippen LogP contribution in [0.1, 0.15) is 54.2 Å². The second kappa shape index (κ2) is 9.51. The van der Waals surface area contributed by atoms with E-state index in [0.717, 1.165) is 59.4 Å². The summed E-state index contributed by atoms with van der Waals surface area (Å²) in [5, 5.41) is 15.1. The van der Waals surface area contributed by atoms with Gasteiger partial charge in [0.15, 0.2) is 11.5 Å². The van der Waals surface area contributed by atoms with Crippen molar-refractivity contribution in [1.29, 1.82) is 0 Å². The Bertz CT molecular complexity index is 1520. The molecule has 3 N–H and O–H groups in total. The number of nitrogens with one attached hydrogen (secondary N) is 3. The van der Waals surface area contributed by atoms with E-state index in [4.69, 9.17) is 0 Å². The number of fused-ring (bicyclic) bond motifs is 2. The predicted octanol–water partition coefficient (Wildman–Crippen LogP) is 5.03. The number of aromatic nitrogens is 3. The standard InChI is InChI=1S/C30H33FN6O/c1-30(2,3)21-6-7-24-19(14-21)10-13-37(29(24)38)17-20-5-4-18(15-25(20)31)23-9-12-33-27-26(23)28(36-35-27)34-22-8-11-32-16-22/h4-7,9,12,14-15,22,32H,8,10-11,13,16-17H2,1-3H3,(H2,33,34,35,36). The first-order valence-corrected chi connectivity index (χ1v) is 13.3. The third-order valence-corrected chi connectivity index (χ3v) is 7.73. The van der Waals surface area contributed by atoms with E-state index in [2.05, 4.69) is 52.7 Å². The van der Waals surface area contributed by atoms with E-state index in [1.54, 1.807) is 23.2 Å². The first kappa shape index (κ1) is 24.6. The van der Waals surface area contributed by atoms with Crippen LogP contribution in [0.2, 0.25) is 0 Å². The number of halogens is 1. The number of carbonyl (C=O) groups is 1. The van der Waals surface area contributed by atoms with Crippen LogP contribution in [0, 0.1) is 5.82 Å². The largest absolute Gasteiger partial charge is 0.364 e. The summed E-state index contributed by atoms with van der Waals surface area (Å²) in [6, 6.07) is 13.6. The highest BCUT2D eigenvalue weighted by atomic mass is 19.1. The van der Waals surface area contributed by atoms with E-state index in [9.17, 15) is 4.79 Å². The predicted molar refractivity (Wildman–Crippen MR) is 148 cm³/mol. The maximum Gasteiger partial charge on any atom is 0.254 e. The second-order valence-corrected chi connectivity index (χ2v) is 11.4. The van der Waals surface area contributed by atoms with Gasteiger partial charge in [0.1, 0.15) is 5.82 Å². The van der Waals surface area contributed by atoms with Gasteiger partial charge in [0, 0.05) is 43.0 Å². The van der Waals surface area contributed by atoms with E-state index in [1.807, 2.05) is 24.3 Å². The van der Waals surface area contributed by atoms with Crippen LogP contribution < -0.4 is 10.6 Å². The van der Waals surface area contributed by atoms with E-state index in [1.165, 1.54) is 5.56 Å². The van der Waals surface area contributed by atoms with E-state index >= 15 is 4.39 Å². The molecular weight excluding hydrogens is 479 g/mol. The zero-order valence-electron chi connectivity index (χ0n) is 22.1. The Balaban J connectivity index is 1.25. The lowest BCUT2D eigenvalue weighted by molar-refractivity contribution is 0.0725. The number of H-pyrrole nitrogens is 1. The number of nitrogens with zero attached hydrogens (tertiary/aromatic N) is 3. The number of pyridine rings is 1. The molecule has 4 heterocycles.